The number of carbonyl (C=O) groups is 2. The Morgan fingerprint density at radius 2 is 1.92 bits per heavy atom. The molecule has 136 valence electrons. The van der Waals surface area contributed by atoms with Gasteiger partial charge in [-0.15, -0.1) is 0 Å². The Balaban J connectivity index is 2.34. The number of rotatable bonds is 9. The van der Waals surface area contributed by atoms with Gasteiger partial charge in [0.2, 0.25) is 11.8 Å². The molecule has 1 aromatic heterocycles. The van der Waals surface area contributed by atoms with Gasteiger partial charge in [-0.05, 0) is 13.1 Å². The van der Waals surface area contributed by atoms with Crippen LogP contribution >= 0.6 is 0 Å². The first-order valence-corrected chi connectivity index (χ1v) is 8.59. The van der Waals surface area contributed by atoms with Crippen molar-refractivity contribution < 1.29 is 9.59 Å². The summed E-state index contributed by atoms with van der Waals surface area (Å²) in [6, 6.07) is 0. The van der Waals surface area contributed by atoms with Crippen molar-refractivity contribution in [2.75, 3.05) is 31.5 Å². The maximum absolute atomic E-state index is 11.9. The number of aromatic nitrogens is 2. The van der Waals surface area contributed by atoms with Crippen molar-refractivity contribution >= 4 is 17.5 Å². The first-order chi connectivity index (χ1) is 11.3. The predicted octanol–water partition coefficient (Wildman–Crippen LogP) is 1.72. The van der Waals surface area contributed by atoms with Gasteiger partial charge in [-0.3, -0.25) is 14.3 Å². The highest BCUT2D eigenvalue weighted by molar-refractivity contribution is 5.91. The van der Waals surface area contributed by atoms with E-state index in [0.717, 1.165) is 26.2 Å². The highest BCUT2D eigenvalue weighted by Crippen LogP contribution is 2.12. The third kappa shape index (κ3) is 7.12. The zero-order valence-electron chi connectivity index (χ0n) is 15.6. The van der Waals surface area contributed by atoms with Gasteiger partial charge in [0.25, 0.3) is 0 Å². The van der Waals surface area contributed by atoms with E-state index in [-0.39, 0.29) is 18.2 Å². The second-order valence-corrected chi connectivity index (χ2v) is 6.82. The van der Waals surface area contributed by atoms with E-state index in [9.17, 15) is 9.59 Å². The molecule has 0 aliphatic rings. The van der Waals surface area contributed by atoms with E-state index in [1.807, 2.05) is 31.6 Å². The Morgan fingerprint density at radius 3 is 2.50 bits per heavy atom. The van der Waals surface area contributed by atoms with E-state index in [1.54, 1.807) is 6.20 Å². The lowest BCUT2D eigenvalue weighted by molar-refractivity contribution is -0.128. The number of carbonyl (C=O) groups excluding carboxylic acids is 2. The molecule has 0 atom stereocenters. The van der Waals surface area contributed by atoms with Gasteiger partial charge >= 0.3 is 0 Å². The molecule has 0 aromatic carbocycles. The van der Waals surface area contributed by atoms with Gasteiger partial charge in [0.05, 0.1) is 18.4 Å². The zero-order chi connectivity index (χ0) is 18.2. The van der Waals surface area contributed by atoms with Crippen LogP contribution in [0.25, 0.3) is 0 Å². The molecular formula is C17H31N5O2. The fourth-order valence-corrected chi connectivity index (χ4v) is 2.11. The minimum atomic E-state index is -0.442. The molecular weight excluding hydrogens is 306 g/mol. The topological polar surface area (TPSA) is 79.3 Å². The van der Waals surface area contributed by atoms with E-state index in [0.29, 0.717) is 12.2 Å². The normalized spacial score (nSPS) is 11.6. The van der Waals surface area contributed by atoms with E-state index in [1.165, 1.54) is 0 Å². The van der Waals surface area contributed by atoms with Gasteiger partial charge < -0.3 is 15.5 Å². The molecule has 2 N–H and O–H groups in total. The SMILES string of the molecule is CCN(CC)CCn1cc(NC(=O)CCNC(=O)C(C)(C)C)cn1. The summed E-state index contributed by atoms with van der Waals surface area (Å²) < 4.78 is 1.83. The fraction of sp³-hybridized carbons (Fsp3) is 0.706. The van der Waals surface area contributed by atoms with Crippen LogP contribution in [0.5, 0.6) is 0 Å². The van der Waals surface area contributed by atoms with Crippen LogP contribution in [0.15, 0.2) is 12.4 Å². The lowest BCUT2D eigenvalue weighted by Crippen LogP contribution is -2.36. The summed E-state index contributed by atoms with van der Waals surface area (Å²) in [4.78, 5) is 25.9. The van der Waals surface area contributed by atoms with Crippen molar-refractivity contribution in [2.45, 2.75) is 47.6 Å². The molecule has 0 spiro atoms. The summed E-state index contributed by atoms with van der Waals surface area (Å²) in [6.07, 6.45) is 3.72. The highest BCUT2D eigenvalue weighted by atomic mass is 16.2. The largest absolute Gasteiger partial charge is 0.355 e. The number of likely N-dealkylation sites (N-methyl/N-ethyl adjacent to an activating group) is 1. The summed E-state index contributed by atoms with van der Waals surface area (Å²) in [5.41, 5.74) is 0.240. The summed E-state index contributed by atoms with van der Waals surface area (Å²) in [5, 5.41) is 9.82. The van der Waals surface area contributed by atoms with E-state index >= 15 is 0 Å². The standard InChI is InChI=1S/C17H31N5O2/c1-6-21(7-2)10-11-22-13-14(12-19-22)20-15(23)8-9-18-16(24)17(3,4)5/h12-13H,6-11H2,1-5H3,(H,18,24)(H,20,23). The van der Waals surface area contributed by atoms with Gasteiger partial charge in [0, 0.05) is 31.1 Å². The molecule has 24 heavy (non-hydrogen) atoms. The van der Waals surface area contributed by atoms with Gasteiger partial charge in [0.1, 0.15) is 0 Å². The number of nitrogens with zero attached hydrogens (tertiary/aromatic N) is 3. The average Bonchev–Trinajstić information content (AvgIpc) is 2.94. The lowest BCUT2D eigenvalue weighted by Gasteiger charge is -2.17. The molecule has 0 saturated carbocycles. The molecule has 0 unspecified atom stereocenters. The summed E-state index contributed by atoms with van der Waals surface area (Å²) in [6.45, 7) is 13.9. The van der Waals surface area contributed by atoms with Gasteiger partial charge in [0.15, 0.2) is 0 Å². The molecule has 2 amide bonds. The maximum atomic E-state index is 11.9. The third-order valence-corrected chi connectivity index (χ3v) is 3.78. The molecule has 7 nitrogen and oxygen atoms in total. The van der Waals surface area contributed by atoms with Crippen LogP contribution in [0.3, 0.4) is 0 Å². The quantitative estimate of drug-likeness (QED) is 0.719. The molecule has 0 radical (unpaired) electrons. The minimum Gasteiger partial charge on any atom is -0.355 e. The second kappa shape index (κ2) is 9.42. The molecule has 0 aliphatic carbocycles. The number of nitrogens with one attached hydrogen (secondary N) is 2. The Labute approximate surface area is 144 Å². The van der Waals surface area contributed by atoms with Crippen LogP contribution in [-0.4, -0.2) is 52.7 Å². The minimum absolute atomic E-state index is 0.0560. The van der Waals surface area contributed by atoms with Crippen LogP contribution in [0.4, 0.5) is 5.69 Å². The smallest absolute Gasteiger partial charge is 0.226 e. The maximum Gasteiger partial charge on any atom is 0.226 e. The first-order valence-electron chi connectivity index (χ1n) is 8.59. The Kier molecular flexibility index (Phi) is 7.91. The van der Waals surface area contributed by atoms with E-state index < -0.39 is 5.41 Å². The Hall–Kier alpha value is -1.89. The van der Waals surface area contributed by atoms with Crippen LogP contribution in [0, 0.1) is 5.41 Å². The molecule has 0 saturated heterocycles. The van der Waals surface area contributed by atoms with Crippen molar-refractivity contribution in [1.82, 2.24) is 20.0 Å². The summed E-state index contributed by atoms with van der Waals surface area (Å²) >= 11 is 0. The molecule has 1 rings (SSSR count). The van der Waals surface area contributed by atoms with Gasteiger partial charge in [-0.1, -0.05) is 34.6 Å². The molecule has 1 aromatic rings. The zero-order valence-corrected chi connectivity index (χ0v) is 15.6. The summed E-state index contributed by atoms with van der Waals surface area (Å²) in [7, 11) is 0. The number of amides is 2. The van der Waals surface area contributed by atoms with Crippen molar-refractivity contribution in [3.8, 4) is 0 Å². The van der Waals surface area contributed by atoms with Crippen molar-refractivity contribution in [1.29, 1.82) is 0 Å². The van der Waals surface area contributed by atoms with E-state index in [2.05, 4.69) is 34.5 Å². The van der Waals surface area contributed by atoms with Crippen LogP contribution in [0.1, 0.15) is 41.0 Å². The highest BCUT2D eigenvalue weighted by Gasteiger charge is 2.20. The number of anilines is 1. The Bertz CT molecular complexity index is 529. The fourth-order valence-electron chi connectivity index (χ4n) is 2.11. The Morgan fingerprint density at radius 1 is 1.25 bits per heavy atom. The van der Waals surface area contributed by atoms with Crippen molar-refractivity contribution in [2.24, 2.45) is 5.41 Å². The molecule has 0 bridgehead atoms. The van der Waals surface area contributed by atoms with Crippen molar-refractivity contribution in [3.05, 3.63) is 12.4 Å². The van der Waals surface area contributed by atoms with Gasteiger partial charge in [-0.25, -0.2) is 0 Å². The van der Waals surface area contributed by atoms with E-state index in [4.69, 9.17) is 0 Å². The number of hydrogen-bond acceptors (Lipinski definition) is 4. The van der Waals surface area contributed by atoms with Crippen LogP contribution in [-0.2, 0) is 16.1 Å². The van der Waals surface area contributed by atoms with Crippen LogP contribution < -0.4 is 10.6 Å². The van der Waals surface area contributed by atoms with Crippen molar-refractivity contribution in [3.63, 3.8) is 0 Å². The number of hydrogen-bond donors (Lipinski definition) is 2. The molecule has 1 heterocycles. The molecule has 0 aliphatic heterocycles. The third-order valence-electron chi connectivity index (χ3n) is 3.78. The van der Waals surface area contributed by atoms with Gasteiger partial charge in [-0.2, -0.15) is 5.10 Å². The summed E-state index contributed by atoms with van der Waals surface area (Å²) in [5.74, 6) is -0.188. The van der Waals surface area contributed by atoms with Crippen LogP contribution in [0.2, 0.25) is 0 Å². The lowest BCUT2D eigenvalue weighted by atomic mass is 9.96. The molecule has 0 fully saturated rings. The average molecular weight is 337 g/mol. The first kappa shape index (κ1) is 20.2. The second-order valence-electron chi connectivity index (χ2n) is 6.82. The monoisotopic (exact) mass is 337 g/mol. The predicted molar refractivity (Wildman–Crippen MR) is 95.7 cm³/mol. The molecule has 7 heteroatoms.